The molecule has 0 aliphatic heterocycles. The van der Waals surface area contributed by atoms with Crippen molar-refractivity contribution in [1.29, 1.82) is 0 Å². The van der Waals surface area contributed by atoms with Gasteiger partial charge in [-0.05, 0) is 40.4 Å². The van der Waals surface area contributed by atoms with Crippen LogP contribution >= 0.6 is 34.7 Å². The van der Waals surface area contributed by atoms with Gasteiger partial charge in [0.1, 0.15) is 14.9 Å². The first-order valence-corrected chi connectivity index (χ1v) is 9.42. The highest BCUT2D eigenvalue weighted by Gasteiger charge is 2.21. The van der Waals surface area contributed by atoms with Crippen LogP contribution in [0.5, 0.6) is 0 Å². The molecule has 2 heterocycles. The van der Waals surface area contributed by atoms with E-state index >= 15 is 0 Å². The fourth-order valence-corrected chi connectivity index (χ4v) is 4.41. The van der Waals surface area contributed by atoms with Crippen molar-refractivity contribution in [3.63, 3.8) is 0 Å². The number of fused-ring (bicyclic) bond motifs is 1. The lowest BCUT2D eigenvalue weighted by Crippen LogP contribution is -2.14. The first kappa shape index (κ1) is 18.4. The molecule has 5 nitrogen and oxygen atoms in total. The van der Waals surface area contributed by atoms with E-state index in [-0.39, 0.29) is 12.1 Å². The van der Waals surface area contributed by atoms with Crippen molar-refractivity contribution in [2.24, 2.45) is 0 Å². The van der Waals surface area contributed by atoms with Gasteiger partial charge in [-0.25, -0.2) is 14.8 Å². The van der Waals surface area contributed by atoms with Crippen LogP contribution in [-0.2, 0) is 4.74 Å². The second-order valence-electron chi connectivity index (χ2n) is 5.64. The van der Waals surface area contributed by atoms with Crippen molar-refractivity contribution in [2.45, 2.75) is 32.0 Å². The van der Waals surface area contributed by atoms with Gasteiger partial charge in [0.05, 0.1) is 11.5 Å². The molecule has 23 heavy (non-hydrogen) atoms. The molecule has 0 unspecified atom stereocenters. The monoisotopic (exact) mass is 373 g/mol. The molecule has 0 spiro atoms. The normalized spacial score (nSPS) is 11.7. The highest BCUT2D eigenvalue weighted by atomic mass is 35.5. The molecule has 0 bridgehead atoms. The number of hydrogen-bond donors (Lipinski definition) is 0. The van der Waals surface area contributed by atoms with Gasteiger partial charge in [-0.2, -0.15) is 0 Å². The molecule has 0 saturated carbocycles. The van der Waals surface area contributed by atoms with Gasteiger partial charge in [-0.15, -0.1) is 11.3 Å². The van der Waals surface area contributed by atoms with Gasteiger partial charge in [0.15, 0.2) is 5.16 Å². The van der Waals surface area contributed by atoms with E-state index in [1.807, 2.05) is 34.9 Å². The van der Waals surface area contributed by atoms with Crippen LogP contribution in [0.15, 0.2) is 5.16 Å². The Morgan fingerprint density at radius 3 is 2.70 bits per heavy atom. The topological polar surface area (TPSA) is 55.3 Å². The van der Waals surface area contributed by atoms with Crippen LogP contribution in [0.1, 0.15) is 29.1 Å². The van der Waals surface area contributed by atoms with E-state index in [0.717, 1.165) is 28.1 Å². The number of esters is 1. The van der Waals surface area contributed by atoms with Crippen LogP contribution < -0.4 is 0 Å². The summed E-state index contributed by atoms with van der Waals surface area (Å²) < 4.78 is 5.28. The summed E-state index contributed by atoms with van der Waals surface area (Å²) in [7, 11) is 4.04. The van der Waals surface area contributed by atoms with Gasteiger partial charge in [0.2, 0.25) is 0 Å². The molecular weight excluding hydrogens is 354 g/mol. The Morgan fingerprint density at radius 1 is 1.39 bits per heavy atom. The second kappa shape index (κ2) is 7.79. The number of hydrogen-bond acceptors (Lipinski definition) is 7. The minimum atomic E-state index is -0.335. The van der Waals surface area contributed by atoms with Crippen molar-refractivity contribution < 1.29 is 9.53 Å². The predicted octanol–water partition coefficient (Wildman–Crippen LogP) is 3.87. The Bertz CT molecular complexity index is 716. The van der Waals surface area contributed by atoms with Gasteiger partial charge in [0.25, 0.3) is 0 Å². The van der Waals surface area contributed by atoms with Crippen LogP contribution in [0, 0.1) is 6.92 Å². The van der Waals surface area contributed by atoms with Crippen molar-refractivity contribution in [3.8, 4) is 0 Å². The minimum absolute atomic E-state index is 0.161. The smallest absolute Gasteiger partial charge is 0.348 e. The highest BCUT2D eigenvalue weighted by Crippen LogP contribution is 2.35. The van der Waals surface area contributed by atoms with Crippen LogP contribution in [0.25, 0.3) is 10.2 Å². The molecular formula is C15H20ClN3O2S2. The molecule has 2 rings (SSSR count). The zero-order valence-corrected chi connectivity index (χ0v) is 16.2. The fourth-order valence-electron chi connectivity index (χ4n) is 1.92. The lowest BCUT2D eigenvalue weighted by molar-refractivity contribution is 0.0383. The number of nitrogens with zero attached hydrogens (tertiary/aromatic N) is 3. The van der Waals surface area contributed by atoms with E-state index < -0.39 is 0 Å². The molecule has 0 atom stereocenters. The zero-order valence-electron chi connectivity index (χ0n) is 13.8. The predicted molar refractivity (Wildman–Crippen MR) is 97.0 cm³/mol. The maximum atomic E-state index is 12.2. The van der Waals surface area contributed by atoms with E-state index in [9.17, 15) is 4.79 Å². The van der Waals surface area contributed by atoms with Gasteiger partial charge in [0, 0.05) is 12.3 Å². The summed E-state index contributed by atoms with van der Waals surface area (Å²) in [6, 6.07) is 0. The third-order valence-electron chi connectivity index (χ3n) is 3.02. The SMILES string of the molecule is Cc1c(C(=O)OC(C)C)sc2nc(SCCN(C)C)nc(Cl)c12. The number of aryl methyl sites for hydroxylation is 1. The van der Waals surface area contributed by atoms with Crippen LogP contribution in [0.3, 0.4) is 0 Å². The van der Waals surface area contributed by atoms with Crippen LogP contribution in [0.4, 0.5) is 0 Å². The molecule has 2 aromatic rings. The van der Waals surface area contributed by atoms with Crippen molar-refractivity contribution >= 4 is 50.9 Å². The van der Waals surface area contributed by atoms with E-state index in [2.05, 4.69) is 14.9 Å². The lowest BCUT2D eigenvalue weighted by Gasteiger charge is -2.08. The Kier molecular flexibility index (Phi) is 6.25. The number of thioether (sulfide) groups is 1. The number of carbonyl (C=O) groups excluding carboxylic acids is 1. The summed E-state index contributed by atoms with van der Waals surface area (Å²) in [5.74, 6) is 0.542. The summed E-state index contributed by atoms with van der Waals surface area (Å²) in [6.45, 7) is 6.43. The molecule has 0 N–H and O–H groups in total. The lowest BCUT2D eigenvalue weighted by atomic mass is 10.2. The van der Waals surface area contributed by atoms with Crippen molar-refractivity contribution in [1.82, 2.24) is 14.9 Å². The largest absolute Gasteiger partial charge is 0.459 e. The average molecular weight is 374 g/mol. The maximum Gasteiger partial charge on any atom is 0.348 e. The molecule has 0 amide bonds. The third kappa shape index (κ3) is 4.56. The zero-order chi connectivity index (χ0) is 17.1. The Labute approximate surface area is 149 Å². The summed E-state index contributed by atoms with van der Waals surface area (Å²) in [6.07, 6.45) is -0.161. The summed E-state index contributed by atoms with van der Waals surface area (Å²) in [5, 5.41) is 1.76. The third-order valence-corrected chi connectivity index (χ3v) is 5.29. The second-order valence-corrected chi connectivity index (χ2v) is 8.06. The van der Waals surface area contributed by atoms with Gasteiger partial charge >= 0.3 is 5.97 Å². The first-order chi connectivity index (χ1) is 10.8. The van der Waals surface area contributed by atoms with Crippen molar-refractivity contribution in [3.05, 3.63) is 15.6 Å². The Morgan fingerprint density at radius 2 is 2.09 bits per heavy atom. The fraction of sp³-hybridized carbons (Fsp3) is 0.533. The molecule has 8 heteroatoms. The highest BCUT2D eigenvalue weighted by molar-refractivity contribution is 7.99. The number of thiophene rings is 1. The average Bonchev–Trinajstić information content (AvgIpc) is 2.75. The Balaban J connectivity index is 2.31. The number of aromatic nitrogens is 2. The molecule has 0 radical (unpaired) electrons. The number of rotatable bonds is 6. The molecule has 0 aromatic carbocycles. The van der Waals surface area contributed by atoms with E-state index in [0.29, 0.717) is 15.2 Å². The van der Waals surface area contributed by atoms with Gasteiger partial charge in [-0.1, -0.05) is 23.4 Å². The van der Waals surface area contributed by atoms with E-state index in [4.69, 9.17) is 16.3 Å². The van der Waals surface area contributed by atoms with Gasteiger partial charge < -0.3 is 9.64 Å². The summed E-state index contributed by atoms with van der Waals surface area (Å²) >= 11 is 9.17. The van der Waals surface area contributed by atoms with Crippen LogP contribution in [-0.4, -0.2) is 53.3 Å². The van der Waals surface area contributed by atoms with Gasteiger partial charge in [-0.3, -0.25) is 0 Å². The maximum absolute atomic E-state index is 12.2. The molecule has 0 aliphatic carbocycles. The summed E-state index contributed by atoms with van der Waals surface area (Å²) in [4.78, 5) is 24.4. The number of halogens is 1. The quantitative estimate of drug-likeness (QED) is 0.331. The molecule has 2 aromatic heterocycles. The molecule has 126 valence electrons. The molecule has 0 saturated heterocycles. The Hall–Kier alpha value is -0.890. The van der Waals surface area contributed by atoms with Crippen molar-refractivity contribution in [2.75, 3.05) is 26.4 Å². The standard InChI is InChI=1S/C15H20ClN3O2S2/c1-8(2)21-14(20)11-9(3)10-12(16)17-15(18-13(10)23-11)22-7-6-19(4)5/h8H,6-7H2,1-5H3. The number of ether oxygens (including phenoxy) is 1. The molecule has 0 fully saturated rings. The first-order valence-electron chi connectivity index (χ1n) is 7.24. The molecule has 0 aliphatic rings. The summed E-state index contributed by atoms with van der Waals surface area (Å²) in [5.41, 5.74) is 0.783. The van der Waals surface area contributed by atoms with E-state index in [1.165, 1.54) is 11.3 Å². The van der Waals surface area contributed by atoms with E-state index in [1.54, 1.807) is 11.8 Å². The minimum Gasteiger partial charge on any atom is -0.459 e. The number of carbonyl (C=O) groups is 1. The van der Waals surface area contributed by atoms with Crippen LogP contribution in [0.2, 0.25) is 5.15 Å².